The number of nitrogens with zero attached hydrogens (tertiary/aromatic N) is 11. The number of carbonyl (C=O) groups is 1. The number of hydrogen-bond acceptors (Lipinski definition) is 16. The van der Waals surface area contributed by atoms with Gasteiger partial charge in [0, 0.05) is 71.0 Å². The molecule has 5 aliphatic rings. The van der Waals surface area contributed by atoms with Crippen molar-refractivity contribution in [2.75, 3.05) is 84.2 Å². The molecule has 11 aromatic rings. The first-order valence-electron chi connectivity index (χ1n) is 27.2. The number of benzene rings is 3. The smallest absolute Gasteiger partial charge is 0.332 e. The number of anilines is 1. The molecule has 8 aromatic heterocycles. The molecule has 0 bridgehead atoms. The van der Waals surface area contributed by atoms with E-state index in [0.29, 0.717) is 51.6 Å². The van der Waals surface area contributed by atoms with Crippen LogP contribution in [0.3, 0.4) is 0 Å². The largest absolute Gasteiger partial charge is 0.379 e. The zero-order valence-corrected chi connectivity index (χ0v) is 44.0. The van der Waals surface area contributed by atoms with E-state index in [9.17, 15) is 14.4 Å². The fourth-order valence-electron chi connectivity index (χ4n) is 10.2. The Morgan fingerprint density at radius 1 is 0.568 bits per heavy atom. The summed E-state index contributed by atoms with van der Waals surface area (Å²) in [5.41, 5.74) is 18.7. The molecule has 81 heavy (non-hydrogen) atoms. The van der Waals surface area contributed by atoms with Gasteiger partial charge in [0.05, 0.1) is 108 Å². The molecule has 3 aromatic carbocycles. The fourth-order valence-corrected chi connectivity index (χ4v) is 10.2. The first kappa shape index (κ1) is 53.3. The number of fused-ring (bicyclic) bond motifs is 11. The number of H-pyrrole nitrogens is 6. The Bertz CT molecular complexity index is 4070. The van der Waals surface area contributed by atoms with Crippen LogP contribution in [0.15, 0.2) is 82.8 Å². The van der Waals surface area contributed by atoms with Crippen LogP contribution in [0.25, 0.3) is 78.0 Å². The highest BCUT2D eigenvalue weighted by Gasteiger charge is 2.25. The van der Waals surface area contributed by atoms with Gasteiger partial charge in [-0.15, -0.1) is 0 Å². The van der Waals surface area contributed by atoms with E-state index < -0.39 is 0 Å². The van der Waals surface area contributed by atoms with E-state index in [-0.39, 0.29) is 24.8 Å². The molecule has 0 spiro atoms. The predicted molar refractivity (Wildman–Crippen MR) is 307 cm³/mol. The third-order valence-electron chi connectivity index (χ3n) is 14.8. The number of urea groups is 1. The zero-order valence-electron chi connectivity index (χ0n) is 44.0. The Kier molecular flexibility index (Phi) is 15.4. The van der Waals surface area contributed by atoms with Crippen LogP contribution in [0.4, 0.5) is 10.5 Å². The second kappa shape index (κ2) is 23.4. The summed E-state index contributed by atoms with van der Waals surface area (Å²) in [4.78, 5) is 66.9. The van der Waals surface area contributed by atoms with E-state index in [1.807, 2.05) is 24.3 Å². The van der Waals surface area contributed by atoms with Crippen molar-refractivity contribution >= 4 is 78.2 Å². The summed E-state index contributed by atoms with van der Waals surface area (Å²) in [6.45, 7) is 13.0. The van der Waals surface area contributed by atoms with Gasteiger partial charge in [-0.2, -0.15) is 15.3 Å². The number of nitrogens with one attached hydrogen (secondary N) is 8. The standard InChI is InChI=1S/C19H23N7O2.2C16H16N6O2.C3H7N.CH4/c27-19(21-13-2-3-13)24-16-10-20-25-17(16)18-22-14-4-1-12(9-15(14)23-18)11-26-5-7-28-8-6-26;23-16-19-12-8-17-20-14(12)15-18-11-7-10(1-2-13(11)22(15)16)9-21-3-5-24-6-4-21;23-16-19-12-8-17-20-14(12)15-18-11-2-1-10(7-13(11)22(15)16)9-21-3-5-24-6-4-21;4-3-1-2-3;/h1,4,9-10,13H,2-3,5-8,11H2,(H,20,25)(H,22,23)(H2,21,24,27);2*1-2,7-8H,3-6,9H2,(H,17,20)(H,19,23);3H,1-2,4H2;1H4. The van der Waals surface area contributed by atoms with Gasteiger partial charge in [-0.25, -0.2) is 38.1 Å². The molecular formula is C55H66N20O6. The van der Waals surface area contributed by atoms with Crippen LogP contribution in [0.5, 0.6) is 0 Å². The van der Waals surface area contributed by atoms with Gasteiger partial charge in [-0.1, -0.05) is 25.6 Å². The fraction of sp³-hybridized carbons (Fsp3) is 0.400. The zero-order chi connectivity index (χ0) is 54.1. The number of ether oxygens (including phenoxy) is 3. The van der Waals surface area contributed by atoms with Crippen molar-refractivity contribution in [3.8, 4) is 11.5 Å². The summed E-state index contributed by atoms with van der Waals surface area (Å²) in [5, 5.41) is 26.5. The molecule has 3 saturated heterocycles. The first-order chi connectivity index (χ1) is 39.2. The van der Waals surface area contributed by atoms with Crippen LogP contribution in [-0.4, -0.2) is 181 Å². The third kappa shape index (κ3) is 11.9. The van der Waals surface area contributed by atoms with Gasteiger partial charge in [-0.3, -0.25) is 30.0 Å². The van der Waals surface area contributed by atoms with E-state index in [4.69, 9.17) is 19.9 Å². The molecule has 0 radical (unpaired) electrons. The maximum Gasteiger partial charge on any atom is 0.332 e. The summed E-state index contributed by atoms with van der Waals surface area (Å²) >= 11 is 0. The number of aromatic amines is 6. The number of amides is 2. The van der Waals surface area contributed by atoms with Crippen LogP contribution in [0.1, 0.15) is 49.8 Å². The lowest BCUT2D eigenvalue weighted by atomic mass is 10.2. The highest BCUT2D eigenvalue weighted by Crippen LogP contribution is 2.28. The van der Waals surface area contributed by atoms with E-state index >= 15 is 0 Å². The lowest BCUT2D eigenvalue weighted by molar-refractivity contribution is 0.0341. The summed E-state index contributed by atoms with van der Waals surface area (Å²) in [6.07, 6.45) is 9.41. The molecule has 0 atom stereocenters. The van der Waals surface area contributed by atoms with Crippen LogP contribution in [0, 0.1) is 0 Å². The SMILES string of the molecule is C.NC1CC1.O=C(Nc1cn[nH]c1-c1nc2ccc(CN3CCOCC3)cc2[nH]1)NC1CC1.O=c1[nH]c2cn[nH]c2c2nc3cc(CN4CCOCC4)ccc3n12.O=c1[nH]c2cn[nH]c2c2nc3ccc(CN4CCOCC4)cc3n12. The van der Waals surface area contributed by atoms with Crippen molar-refractivity contribution in [3.05, 3.63) is 111 Å². The van der Waals surface area contributed by atoms with E-state index in [1.54, 1.807) is 27.4 Å². The normalized spacial score (nSPS) is 17.2. The van der Waals surface area contributed by atoms with Crippen LogP contribution in [-0.2, 0) is 33.8 Å². The molecule has 2 saturated carbocycles. The van der Waals surface area contributed by atoms with E-state index in [0.717, 1.165) is 161 Å². The van der Waals surface area contributed by atoms with Gasteiger partial charge in [0.1, 0.15) is 16.7 Å². The van der Waals surface area contributed by atoms with Gasteiger partial charge < -0.3 is 45.5 Å². The third-order valence-corrected chi connectivity index (χ3v) is 14.8. The molecular weight excluding hydrogens is 1040 g/mol. The molecule has 26 nitrogen and oxygen atoms in total. The van der Waals surface area contributed by atoms with E-state index in [2.05, 4.69) is 116 Å². The number of carbonyl (C=O) groups excluding carboxylic acids is 1. The van der Waals surface area contributed by atoms with Crippen molar-refractivity contribution in [2.24, 2.45) is 5.73 Å². The monoisotopic (exact) mass is 1100 g/mol. The van der Waals surface area contributed by atoms with Crippen LogP contribution < -0.4 is 27.7 Å². The average Bonchev–Trinajstić information content (AvgIpc) is 4.08. The molecule has 2 aliphatic carbocycles. The molecule has 0 unspecified atom stereocenters. The van der Waals surface area contributed by atoms with Crippen molar-refractivity contribution in [2.45, 2.75) is 64.8 Å². The van der Waals surface area contributed by atoms with Crippen molar-refractivity contribution < 1.29 is 19.0 Å². The second-order valence-corrected chi connectivity index (χ2v) is 20.8. The topological polar surface area (TPSA) is 320 Å². The summed E-state index contributed by atoms with van der Waals surface area (Å²) in [5.74, 6) is 0.651. The lowest BCUT2D eigenvalue weighted by Gasteiger charge is -2.26. The molecule has 422 valence electrons. The minimum absolute atomic E-state index is 0. The Morgan fingerprint density at radius 2 is 1.07 bits per heavy atom. The average molecular weight is 1100 g/mol. The maximum absolute atomic E-state index is 12.5. The van der Waals surface area contributed by atoms with Gasteiger partial charge in [-0.05, 0) is 78.8 Å². The number of morpholine rings is 3. The Balaban J connectivity index is 0.000000116. The van der Waals surface area contributed by atoms with E-state index in [1.165, 1.54) is 24.0 Å². The van der Waals surface area contributed by atoms with Crippen LogP contribution >= 0.6 is 0 Å². The molecule has 5 fully saturated rings. The summed E-state index contributed by atoms with van der Waals surface area (Å²) in [7, 11) is 0. The Morgan fingerprint density at radius 3 is 1.64 bits per heavy atom. The first-order valence-corrected chi connectivity index (χ1v) is 27.2. The predicted octanol–water partition coefficient (Wildman–Crippen LogP) is 4.58. The number of aromatic nitrogens is 14. The van der Waals surface area contributed by atoms with Gasteiger partial charge in [0.2, 0.25) is 0 Å². The molecule has 3 aliphatic heterocycles. The second-order valence-electron chi connectivity index (χ2n) is 20.8. The molecule has 11 heterocycles. The maximum atomic E-state index is 12.5. The van der Waals surface area contributed by atoms with Crippen molar-refractivity contribution in [3.63, 3.8) is 0 Å². The van der Waals surface area contributed by atoms with Gasteiger partial charge in [0.25, 0.3) is 0 Å². The number of imidazole rings is 3. The number of hydrogen-bond donors (Lipinski definition) is 9. The Labute approximate surface area is 462 Å². The number of rotatable bonds is 9. The molecule has 10 N–H and O–H groups in total. The lowest BCUT2D eigenvalue weighted by Crippen LogP contribution is -2.35. The van der Waals surface area contributed by atoms with Crippen LogP contribution in [0.2, 0.25) is 0 Å². The highest BCUT2D eigenvalue weighted by atomic mass is 16.5. The van der Waals surface area contributed by atoms with Crippen molar-refractivity contribution in [1.29, 1.82) is 0 Å². The number of nitrogens with two attached hydrogens (primary N) is 1. The molecule has 26 heteroatoms. The highest BCUT2D eigenvalue weighted by molar-refractivity contribution is 5.95. The van der Waals surface area contributed by atoms with Gasteiger partial charge in [0.15, 0.2) is 17.1 Å². The quantitative estimate of drug-likeness (QED) is 0.0955. The minimum atomic E-state index is -0.214. The summed E-state index contributed by atoms with van der Waals surface area (Å²) in [6, 6.07) is 19.1. The molecule has 16 rings (SSSR count). The molecule has 2 amide bonds. The van der Waals surface area contributed by atoms with Gasteiger partial charge >= 0.3 is 17.4 Å². The van der Waals surface area contributed by atoms with Crippen molar-refractivity contribution in [1.82, 2.24) is 89.3 Å². The minimum Gasteiger partial charge on any atom is -0.379 e. The Hall–Kier alpha value is -8.37. The summed E-state index contributed by atoms with van der Waals surface area (Å²) < 4.78 is 19.4.